The summed E-state index contributed by atoms with van der Waals surface area (Å²) in [6, 6.07) is 23.2. The Labute approximate surface area is 257 Å². The van der Waals surface area contributed by atoms with Crippen LogP contribution < -0.4 is 19.1 Å². The number of imide groups is 2. The third-order valence-electron chi connectivity index (χ3n) is 6.28. The number of rotatable bonds is 8. The van der Waals surface area contributed by atoms with E-state index in [4.69, 9.17) is 32.1 Å². The number of aryl methyl sites for hydroxylation is 1. The Morgan fingerprint density at radius 1 is 0.884 bits per heavy atom. The van der Waals surface area contributed by atoms with Crippen LogP contribution in [0.15, 0.2) is 101 Å². The Morgan fingerprint density at radius 3 is 2.23 bits per heavy atom. The van der Waals surface area contributed by atoms with Gasteiger partial charge in [0.1, 0.15) is 22.8 Å². The fourth-order valence-corrected chi connectivity index (χ4v) is 5.68. The molecule has 0 bridgehead atoms. The average molecular weight is 637 g/mol. The lowest BCUT2D eigenvalue weighted by Crippen LogP contribution is -2.54. The van der Waals surface area contributed by atoms with E-state index in [0.29, 0.717) is 12.4 Å². The molecular weight excluding hydrogens is 615 g/mol. The molecule has 9 nitrogen and oxygen atoms in total. The molecule has 0 radical (unpaired) electrons. The molecule has 0 spiro atoms. The topological polar surface area (TPSA) is 119 Å². The van der Waals surface area contributed by atoms with Crippen LogP contribution in [0, 0.1) is 6.92 Å². The first-order valence-corrected chi connectivity index (χ1v) is 14.9. The lowest BCUT2D eigenvalue weighted by Gasteiger charge is -2.26. The maximum atomic E-state index is 13.5. The lowest BCUT2D eigenvalue weighted by molar-refractivity contribution is -0.122. The van der Waals surface area contributed by atoms with E-state index >= 15 is 0 Å². The predicted octanol–water partition coefficient (Wildman–Crippen LogP) is 6.31. The van der Waals surface area contributed by atoms with Crippen LogP contribution in [0.2, 0.25) is 10.0 Å². The van der Waals surface area contributed by atoms with E-state index in [0.717, 1.165) is 22.1 Å². The van der Waals surface area contributed by atoms with E-state index in [1.165, 1.54) is 36.4 Å². The van der Waals surface area contributed by atoms with Crippen molar-refractivity contribution in [2.24, 2.45) is 0 Å². The Balaban J connectivity index is 1.44. The summed E-state index contributed by atoms with van der Waals surface area (Å²) < 4.78 is 37.1. The minimum atomic E-state index is -4.36. The summed E-state index contributed by atoms with van der Waals surface area (Å²) in [7, 11) is -4.36. The van der Waals surface area contributed by atoms with Crippen molar-refractivity contribution >= 4 is 62.9 Å². The highest BCUT2D eigenvalue weighted by molar-refractivity contribution is 7.87. The summed E-state index contributed by atoms with van der Waals surface area (Å²) in [6.45, 7) is 2.11. The van der Waals surface area contributed by atoms with Crippen LogP contribution in [-0.4, -0.2) is 26.3 Å². The number of nitrogens with zero attached hydrogens (tertiary/aromatic N) is 1. The number of urea groups is 1. The van der Waals surface area contributed by atoms with E-state index in [1.807, 2.05) is 30.3 Å². The zero-order valence-corrected chi connectivity index (χ0v) is 24.7. The number of ether oxygens (including phenoxy) is 1. The average Bonchev–Trinajstić information content (AvgIpc) is 2.97. The molecule has 5 rings (SSSR count). The van der Waals surface area contributed by atoms with E-state index < -0.39 is 33.5 Å². The van der Waals surface area contributed by atoms with E-state index in [2.05, 4.69) is 5.32 Å². The molecule has 4 aromatic rings. The van der Waals surface area contributed by atoms with Crippen LogP contribution in [0.25, 0.3) is 6.08 Å². The fourth-order valence-electron chi connectivity index (χ4n) is 4.12. The molecule has 218 valence electrons. The molecule has 12 heteroatoms. The minimum absolute atomic E-state index is 0.0781. The number of benzene rings is 4. The molecule has 4 amide bonds. The van der Waals surface area contributed by atoms with Gasteiger partial charge in [-0.15, -0.1) is 0 Å². The van der Waals surface area contributed by atoms with Crippen LogP contribution in [0.3, 0.4) is 0 Å². The van der Waals surface area contributed by atoms with Crippen LogP contribution in [-0.2, 0) is 26.3 Å². The van der Waals surface area contributed by atoms with Crippen LogP contribution in [0.5, 0.6) is 11.5 Å². The number of hydrogen-bond acceptors (Lipinski definition) is 7. The highest BCUT2D eigenvalue weighted by Crippen LogP contribution is 2.36. The second-order valence-corrected chi connectivity index (χ2v) is 11.8. The molecule has 4 aromatic carbocycles. The van der Waals surface area contributed by atoms with Crippen molar-refractivity contribution in [3.8, 4) is 11.5 Å². The van der Waals surface area contributed by atoms with Crippen LogP contribution in [0.4, 0.5) is 10.5 Å². The Bertz CT molecular complexity index is 1860. The molecule has 0 aliphatic carbocycles. The van der Waals surface area contributed by atoms with Gasteiger partial charge in [0.05, 0.1) is 10.7 Å². The number of halogens is 2. The first-order chi connectivity index (χ1) is 20.5. The maximum absolute atomic E-state index is 13.5. The SMILES string of the molecule is Cc1ccc(S(=O)(=O)Oc2c(Cl)cc(Cl)cc2/C=C2\C(=O)NC(=O)N(c3ccc(OCc4ccccc4)cc3)C2=O)cc1. The lowest BCUT2D eigenvalue weighted by atomic mass is 10.1. The van der Waals surface area contributed by atoms with Gasteiger partial charge in [0, 0.05) is 10.6 Å². The van der Waals surface area contributed by atoms with Crippen molar-refractivity contribution in [2.75, 3.05) is 4.90 Å². The third-order valence-corrected chi connectivity index (χ3v) is 8.02. The van der Waals surface area contributed by atoms with E-state index in [-0.39, 0.29) is 31.9 Å². The van der Waals surface area contributed by atoms with Crippen molar-refractivity contribution in [1.29, 1.82) is 0 Å². The molecule has 0 saturated carbocycles. The largest absolute Gasteiger partial charge is 0.489 e. The van der Waals surface area contributed by atoms with Crippen molar-refractivity contribution in [3.63, 3.8) is 0 Å². The summed E-state index contributed by atoms with van der Waals surface area (Å²) in [6.07, 6.45) is 1.06. The number of hydrogen-bond donors (Lipinski definition) is 1. The third kappa shape index (κ3) is 6.72. The van der Waals surface area contributed by atoms with Crippen molar-refractivity contribution in [1.82, 2.24) is 5.32 Å². The summed E-state index contributed by atoms with van der Waals surface area (Å²) >= 11 is 12.5. The second kappa shape index (κ2) is 12.3. The number of barbiturate groups is 1. The summed E-state index contributed by atoms with van der Waals surface area (Å²) in [5.41, 5.74) is 1.40. The number of amides is 4. The van der Waals surface area contributed by atoms with Gasteiger partial charge < -0.3 is 8.92 Å². The van der Waals surface area contributed by atoms with Gasteiger partial charge in [-0.05, 0) is 67.1 Å². The zero-order chi connectivity index (χ0) is 30.7. The number of carbonyl (C=O) groups excluding carboxylic acids is 3. The maximum Gasteiger partial charge on any atom is 0.339 e. The predicted molar refractivity (Wildman–Crippen MR) is 162 cm³/mol. The smallest absolute Gasteiger partial charge is 0.339 e. The molecule has 1 aliphatic rings. The first kappa shape index (κ1) is 29.8. The molecule has 1 heterocycles. The normalized spacial score (nSPS) is 14.5. The number of carbonyl (C=O) groups is 3. The monoisotopic (exact) mass is 636 g/mol. The molecule has 0 aromatic heterocycles. The number of anilines is 1. The molecule has 1 N–H and O–H groups in total. The Hall–Kier alpha value is -4.64. The van der Waals surface area contributed by atoms with Gasteiger partial charge in [-0.2, -0.15) is 8.42 Å². The second-order valence-electron chi connectivity index (χ2n) is 9.38. The summed E-state index contributed by atoms with van der Waals surface area (Å²) in [4.78, 5) is 39.6. The minimum Gasteiger partial charge on any atom is -0.489 e. The summed E-state index contributed by atoms with van der Waals surface area (Å²) in [5.74, 6) is -1.83. The van der Waals surface area contributed by atoms with Gasteiger partial charge in [0.2, 0.25) is 0 Å². The highest BCUT2D eigenvalue weighted by atomic mass is 35.5. The molecule has 1 saturated heterocycles. The molecule has 0 unspecified atom stereocenters. The standard InChI is InChI=1S/C31H22Cl2N2O7S/c1-19-7-13-25(14-8-19)43(39,40)42-28-21(15-22(32)17-27(28)33)16-26-29(36)34-31(38)35(30(26)37)23-9-11-24(12-10-23)41-18-20-5-3-2-4-6-20/h2-17H,18H2,1H3,(H,34,36,38)/b26-16+. The Kier molecular flexibility index (Phi) is 8.54. The quantitative estimate of drug-likeness (QED) is 0.137. The highest BCUT2D eigenvalue weighted by Gasteiger charge is 2.37. The zero-order valence-electron chi connectivity index (χ0n) is 22.4. The number of nitrogens with one attached hydrogen (secondary N) is 1. The first-order valence-electron chi connectivity index (χ1n) is 12.7. The molecule has 1 fully saturated rings. The molecule has 0 atom stereocenters. The van der Waals surface area contributed by atoms with Gasteiger partial charge in [-0.3, -0.25) is 14.9 Å². The van der Waals surface area contributed by atoms with E-state index in [1.54, 1.807) is 31.2 Å². The van der Waals surface area contributed by atoms with Gasteiger partial charge in [0.25, 0.3) is 11.8 Å². The van der Waals surface area contributed by atoms with Crippen molar-refractivity contribution in [2.45, 2.75) is 18.4 Å². The van der Waals surface area contributed by atoms with E-state index in [9.17, 15) is 22.8 Å². The molecule has 1 aliphatic heterocycles. The molecular formula is C31H22Cl2N2O7S. The van der Waals surface area contributed by atoms with Gasteiger partial charge in [-0.1, -0.05) is 71.2 Å². The van der Waals surface area contributed by atoms with Crippen molar-refractivity contribution in [3.05, 3.63) is 123 Å². The van der Waals surface area contributed by atoms with Crippen LogP contribution in [0.1, 0.15) is 16.7 Å². The van der Waals surface area contributed by atoms with Crippen LogP contribution >= 0.6 is 23.2 Å². The molecule has 43 heavy (non-hydrogen) atoms. The fraction of sp³-hybridized carbons (Fsp3) is 0.0645. The van der Waals surface area contributed by atoms with Gasteiger partial charge in [-0.25, -0.2) is 9.69 Å². The van der Waals surface area contributed by atoms with Gasteiger partial charge in [0.15, 0.2) is 5.75 Å². The van der Waals surface area contributed by atoms with Crippen molar-refractivity contribution < 1.29 is 31.7 Å². The summed E-state index contributed by atoms with van der Waals surface area (Å²) in [5, 5.41) is 2.02. The Morgan fingerprint density at radius 2 is 1.56 bits per heavy atom. The van der Waals surface area contributed by atoms with Gasteiger partial charge >= 0.3 is 16.1 Å².